The first-order valence-corrected chi connectivity index (χ1v) is 10.7. The Morgan fingerprint density at radius 1 is 1.10 bits per heavy atom. The molecule has 0 radical (unpaired) electrons. The highest BCUT2D eigenvalue weighted by atomic mass is 35.5. The van der Waals surface area contributed by atoms with Crippen LogP contribution in [0.3, 0.4) is 0 Å². The fourth-order valence-electron chi connectivity index (χ4n) is 3.75. The van der Waals surface area contributed by atoms with Crippen molar-refractivity contribution in [2.75, 3.05) is 51.8 Å². The van der Waals surface area contributed by atoms with Crippen LogP contribution in [0.1, 0.15) is 12.2 Å². The van der Waals surface area contributed by atoms with Gasteiger partial charge in [0.15, 0.2) is 0 Å². The molecule has 1 aliphatic rings. The number of ether oxygens (including phenoxy) is 1. The average molecular weight is 427 g/mol. The lowest BCUT2D eigenvalue weighted by atomic mass is 10.0. The molecule has 1 N–H and O–H groups in total. The van der Waals surface area contributed by atoms with Gasteiger partial charge in [0.25, 0.3) is 0 Å². The van der Waals surface area contributed by atoms with Gasteiger partial charge < -0.3 is 19.6 Å². The molecule has 0 atom stereocenters. The number of rotatable bonds is 6. The Morgan fingerprint density at radius 3 is 2.67 bits per heavy atom. The van der Waals surface area contributed by atoms with E-state index in [4.69, 9.17) is 26.3 Å². The number of fused-ring (bicyclic) bond motifs is 1. The lowest BCUT2D eigenvalue weighted by Gasteiger charge is -2.29. The smallest absolute Gasteiger partial charge is 0.140 e. The zero-order chi connectivity index (χ0) is 21.1. The van der Waals surface area contributed by atoms with E-state index in [1.807, 2.05) is 12.1 Å². The van der Waals surface area contributed by atoms with Crippen LogP contribution in [0.25, 0.3) is 22.0 Å². The number of halogens is 1. The van der Waals surface area contributed by atoms with Crippen LogP contribution in [-0.2, 0) is 11.2 Å². The van der Waals surface area contributed by atoms with Crippen molar-refractivity contribution in [2.24, 2.45) is 0 Å². The molecule has 3 aromatic rings. The van der Waals surface area contributed by atoms with E-state index in [-0.39, 0.29) is 5.75 Å². The number of aromatic nitrogens is 2. The summed E-state index contributed by atoms with van der Waals surface area (Å²) in [6, 6.07) is 11.1. The highest BCUT2D eigenvalue weighted by molar-refractivity contribution is 6.31. The third-order valence-corrected chi connectivity index (χ3v) is 5.54. The van der Waals surface area contributed by atoms with Crippen LogP contribution in [0.2, 0.25) is 5.02 Å². The number of hydrogen-bond donors (Lipinski definition) is 1. The zero-order valence-electron chi connectivity index (χ0n) is 17.4. The first kappa shape index (κ1) is 20.8. The second kappa shape index (κ2) is 9.16. The third-order valence-electron chi connectivity index (χ3n) is 5.31. The van der Waals surface area contributed by atoms with Crippen LogP contribution < -0.4 is 4.90 Å². The van der Waals surface area contributed by atoms with Gasteiger partial charge in [0.2, 0.25) is 0 Å². The molecule has 0 spiro atoms. The molecule has 1 fully saturated rings. The van der Waals surface area contributed by atoms with Gasteiger partial charge in [-0.1, -0.05) is 17.7 Å². The molecule has 6 nitrogen and oxygen atoms in total. The van der Waals surface area contributed by atoms with Gasteiger partial charge >= 0.3 is 0 Å². The normalized spacial score (nSPS) is 14.6. The second-order valence-electron chi connectivity index (χ2n) is 7.86. The monoisotopic (exact) mass is 426 g/mol. The van der Waals surface area contributed by atoms with Crippen molar-refractivity contribution >= 4 is 28.3 Å². The van der Waals surface area contributed by atoms with E-state index in [1.54, 1.807) is 18.2 Å². The molecular formula is C23H27ClN4O2. The fraction of sp³-hybridized carbons (Fsp3) is 0.391. The van der Waals surface area contributed by atoms with E-state index in [1.165, 1.54) is 0 Å². The standard InChI is InChI=1S/C23H27ClN4O2/c1-27(2)9-3-4-22-25-20-7-5-16(18-15-17(24)6-8-21(18)29)14-19(20)23(26-22)28-10-12-30-13-11-28/h5-8,14-15,29H,3-4,9-13H2,1-2H3. The summed E-state index contributed by atoms with van der Waals surface area (Å²) in [5, 5.41) is 11.9. The quantitative estimate of drug-likeness (QED) is 0.643. The van der Waals surface area contributed by atoms with Crippen molar-refractivity contribution in [1.29, 1.82) is 0 Å². The summed E-state index contributed by atoms with van der Waals surface area (Å²) in [7, 11) is 4.15. The molecule has 4 rings (SSSR count). The van der Waals surface area contributed by atoms with Gasteiger partial charge in [-0.15, -0.1) is 0 Å². The summed E-state index contributed by atoms with van der Waals surface area (Å²) in [5.41, 5.74) is 2.50. The average Bonchev–Trinajstić information content (AvgIpc) is 2.75. The van der Waals surface area contributed by atoms with Crippen molar-refractivity contribution in [1.82, 2.24) is 14.9 Å². The van der Waals surface area contributed by atoms with Crippen LogP contribution in [0.4, 0.5) is 5.82 Å². The predicted octanol–water partition coefficient (Wildman–Crippen LogP) is 3.99. The van der Waals surface area contributed by atoms with Crippen LogP contribution in [0.15, 0.2) is 36.4 Å². The Kier molecular flexibility index (Phi) is 6.37. The number of benzene rings is 2. The number of phenolic OH excluding ortho intramolecular Hbond substituents is 1. The van der Waals surface area contributed by atoms with Gasteiger partial charge in [-0.05, 0) is 63.0 Å². The van der Waals surface area contributed by atoms with Gasteiger partial charge in [0, 0.05) is 35.5 Å². The van der Waals surface area contributed by atoms with Gasteiger partial charge in [-0.2, -0.15) is 0 Å². The van der Waals surface area contributed by atoms with Crippen LogP contribution in [0, 0.1) is 0 Å². The first-order chi connectivity index (χ1) is 14.5. The molecule has 7 heteroatoms. The highest BCUT2D eigenvalue weighted by Gasteiger charge is 2.18. The number of hydrogen-bond acceptors (Lipinski definition) is 6. The van der Waals surface area contributed by atoms with E-state index >= 15 is 0 Å². The lowest BCUT2D eigenvalue weighted by Crippen LogP contribution is -2.37. The van der Waals surface area contributed by atoms with E-state index in [0.29, 0.717) is 23.8 Å². The maximum atomic E-state index is 10.3. The minimum Gasteiger partial charge on any atom is -0.507 e. The highest BCUT2D eigenvalue weighted by Crippen LogP contribution is 2.35. The molecule has 0 amide bonds. The molecule has 2 aromatic carbocycles. The lowest BCUT2D eigenvalue weighted by molar-refractivity contribution is 0.122. The number of aryl methyl sites for hydroxylation is 1. The van der Waals surface area contributed by atoms with Crippen LogP contribution in [-0.4, -0.2) is 66.9 Å². The summed E-state index contributed by atoms with van der Waals surface area (Å²) in [4.78, 5) is 14.2. The number of phenols is 1. The number of aromatic hydroxyl groups is 1. The molecule has 2 heterocycles. The predicted molar refractivity (Wildman–Crippen MR) is 122 cm³/mol. The second-order valence-corrected chi connectivity index (χ2v) is 8.30. The molecular weight excluding hydrogens is 400 g/mol. The molecule has 30 heavy (non-hydrogen) atoms. The minimum atomic E-state index is 0.202. The Labute approximate surface area is 182 Å². The van der Waals surface area contributed by atoms with Crippen molar-refractivity contribution < 1.29 is 9.84 Å². The Balaban J connectivity index is 1.78. The summed E-state index contributed by atoms with van der Waals surface area (Å²) in [6.45, 7) is 3.99. The van der Waals surface area contributed by atoms with E-state index in [9.17, 15) is 5.11 Å². The molecule has 158 valence electrons. The van der Waals surface area contributed by atoms with Crippen molar-refractivity contribution in [3.63, 3.8) is 0 Å². The molecule has 1 aliphatic heterocycles. The van der Waals surface area contributed by atoms with Gasteiger partial charge in [-0.3, -0.25) is 0 Å². The minimum absolute atomic E-state index is 0.202. The molecule has 0 saturated carbocycles. The molecule has 0 bridgehead atoms. The number of morpholine rings is 1. The number of nitrogens with zero attached hydrogens (tertiary/aromatic N) is 4. The largest absolute Gasteiger partial charge is 0.507 e. The summed E-state index contributed by atoms with van der Waals surface area (Å²) < 4.78 is 5.54. The molecule has 0 unspecified atom stereocenters. The zero-order valence-corrected chi connectivity index (χ0v) is 18.2. The summed E-state index contributed by atoms with van der Waals surface area (Å²) in [5.74, 6) is 2.00. The van der Waals surface area contributed by atoms with Gasteiger partial charge in [0.05, 0.1) is 18.7 Å². The van der Waals surface area contributed by atoms with E-state index in [2.05, 4.69) is 30.0 Å². The van der Waals surface area contributed by atoms with Gasteiger partial charge in [0.1, 0.15) is 17.4 Å². The van der Waals surface area contributed by atoms with E-state index < -0.39 is 0 Å². The molecule has 1 aromatic heterocycles. The van der Waals surface area contributed by atoms with Gasteiger partial charge in [-0.25, -0.2) is 9.97 Å². The Hall–Kier alpha value is -2.41. The number of anilines is 1. The van der Waals surface area contributed by atoms with Crippen LogP contribution in [0.5, 0.6) is 5.75 Å². The van der Waals surface area contributed by atoms with E-state index in [0.717, 1.165) is 60.6 Å². The first-order valence-electron chi connectivity index (χ1n) is 10.3. The SMILES string of the molecule is CN(C)CCCc1nc(N2CCOCC2)c2cc(-c3cc(Cl)ccc3O)ccc2n1. The third kappa shape index (κ3) is 4.67. The van der Waals surface area contributed by atoms with Crippen molar-refractivity contribution in [3.8, 4) is 16.9 Å². The summed E-state index contributed by atoms with van der Waals surface area (Å²) >= 11 is 6.17. The molecule has 0 aliphatic carbocycles. The molecule has 1 saturated heterocycles. The van der Waals surface area contributed by atoms with Crippen LogP contribution >= 0.6 is 11.6 Å². The Bertz CT molecular complexity index is 1040. The van der Waals surface area contributed by atoms with Crippen molar-refractivity contribution in [3.05, 3.63) is 47.2 Å². The van der Waals surface area contributed by atoms with Crippen molar-refractivity contribution in [2.45, 2.75) is 12.8 Å². The maximum absolute atomic E-state index is 10.3. The summed E-state index contributed by atoms with van der Waals surface area (Å²) in [6.07, 6.45) is 1.85. The Morgan fingerprint density at radius 2 is 1.90 bits per heavy atom. The maximum Gasteiger partial charge on any atom is 0.140 e. The fourth-order valence-corrected chi connectivity index (χ4v) is 3.92. The topological polar surface area (TPSA) is 61.7 Å².